The molecule has 0 heterocycles. The van der Waals surface area contributed by atoms with Gasteiger partial charge in [-0.1, -0.05) is 6.07 Å². The Morgan fingerprint density at radius 1 is 1.08 bits per heavy atom. The highest BCUT2D eigenvalue weighted by atomic mass is 79.9. The molecule has 0 spiro atoms. The second-order valence-electron chi connectivity index (χ2n) is 7.25. The third kappa shape index (κ3) is 7.78. The molecule has 0 aliphatic carbocycles. The predicted octanol–water partition coefficient (Wildman–Crippen LogP) is 6.28. The number of anilines is 1. The van der Waals surface area contributed by atoms with Crippen molar-refractivity contribution in [2.45, 2.75) is 12.8 Å². The Hall–Kier alpha value is -3.45. The van der Waals surface area contributed by atoms with Crippen molar-refractivity contribution < 1.29 is 27.6 Å². The number of hydrogen-bond donors (Lipinski definition) is 2. The molecule has 1 amide bonds. The van der Waals surface area contributed by atoms with Gasteiger partial charge in [-0.05, 0) is 85.5 Å². The number of hydrazone groups is 1. The normalized spacial score (nSPS) is 11.4. The van der Waals surface area contributed by atoms with Crippen molar-refractivity contribution in [2.24, 2.45) is 5.10 Å². The second-order valence-corrected chi connectivity index (χ2v) is 8.96. The highest BCUT2D eigenvalue weighted by molar-refractivity contribution is 9.11. The minimum atomic E-state index is -4.47. The summed E-state index contributed by atoms with van der Waals surface area (Å²) in [4.78, 5) is 22.2. The van der Waals surface area contributed by atoms with Gasteiger partial charge in [-0.2, -0.15) is 18.3 Å². The molecule has 188 valence electrons. The maximum Gasteiger partial charge on any atom is 0.416 e. The van der Waals surface area contributed by atoms with Gasteiger partial charge in [-0.3, -0.25) is 14.9 Å². The summed E-state index contributed by atoms with van der Waals surface area (Å²) in [6.07, 6.45) is -3.09. The largest absolute Gasteiger partial charge is 0.487 e. The van der Waals surface area contributed by atoms with Gasteiger partial charge in [0.05, 0.1) is 32.2 Å². The van der Waals surface area contributed by atoms with E-state index in [1.807, 2.05) is 0 Å². The first kappa shape index (κ1) is 27.1. The summed E-state index contributed by atoms with van der Waals surface area (Å²) in [6, 6.07) is 13.9. The number of amides is 1. The molecule has 0 atom stereocenters. The van der Waals surface area contributed by atoms with Gasteiger partial charge in [-0.25, -0.2) is 5.43 Å². The van der Waals surface area contributed by atoms with Gasteiger partial charge >= 0.3 is 6.18 Å². The number of hydrogen-bond acceptors (Lipinski definition) is 6. The van der Waals surface area contributed by atoms with E-state index in [-0.39, 0.29) is 24.5 Å². The molecule has 0 saturated heterocycles. The van der Waals surface area contributed by atoms with E-state index in [0.717, 1.165) is 17.7 Å². The second kappa shape index (κ2) is 12.0. The Morgan fingerprint density at radius 2 is 1.75 bits per heavy atom. The predicted molar refractivity (Wildman–Crippen MR) is 135 cm³/mol. The van der Waals surface area contributed by atoms with E-state index in [1.54, 1.807) is 24.3 Å². The summed E-state index contributed by atoms with van der Waals surface area (Å²) in [5.41, 5.74) is 2.98. The van der Waals surface area contributed by atoms with E-state index in [9.17, 15) is 28.1 Å². The number of rotatable bonds is 9. The quantitative estimate of drug-likeness (QED) is 0.165. The maximum atomic E-state index is 12.8. The molecule has 0 aliphatic rings. The van der Waals surface area contributed by atoms with Crippen molar-refractivity contribution >= 4 is 55.4 Å². The van der Waals surface area contributed by atoms with Crippen LogP contribution in [0.5, 0.6) is 5.75 Å². The van der Waals surface area contributed by atoms with Crippen LogP contribution in [0.2, 0.25) is 0 Å². The minimum Gasteiger partial charge on any atom is -0.487 e. The molecule has 0 fully saturated rings. The fraction of sp³-hybridized carbons (Fsp3) is 0.130. The molecule has 2 N–H and O–H groups in total. The number of alkyl halides is 3. The average Bonchev–Trinajstić information content (AvgIpc) is 2.82. The summed E-state index contributed by atoms with van der Waals surface area (Å²) < 4.78 is 45.3. The number of halogens is 5. The van der Waals surface area contributed by atoms with Crippen LogP contribution < -0.4 is 15.5 Å². The van der Waals surface area contributed by atoms with Crippen LogP contribution in [0.25, 0.3) is 0 Å². The molecule has 36 heavy (non-hydrogen) atoms. The van der Waals surface area contributed by atoms with Crippen molar-refractivity contribution in [2.75, 3.05) is 11.9 Å². The van der Waals surface area contributed by atoms with Crippen molar-refractivity contribution in [1.82, 2.24) is 5.43 Å². The molecular weight excluding hydrogens is 613 g/mol. The van der Waals surface area contributed by atoms with Crippen LogP contribution in [0.4, 0.5) is 24.5 Å². The van der Waals surface area contributed by atoms with Crippen LogP contribution in [0.1, 0.15) is 16.7 Å². The number of carbonyl (C=O) groups excluding carboxylic acids is 1. The van der Waals surface area contributed by atoms with Crippen molar-refractivity contribution in [3.63, 3.8) is 0 Å². The number of nitro benzene ring substituents is 1. The van der Waals surface area contributed by atoms with E-state index in [4.69, 9.17) is 4.74 Å². The fourth-order valence-corrected chi connectivity index (χ4v) is 4.32. The van der Waals surface area contributed by atoms with Crippen LogP contribution in [-0.2, 0) is 17.6 Å². The monoisotopic (exact) mass is 628 g/mol. The van der Waals surface area contributed by atoms with Gasteiger partial charge in [0.25, 0.3) is 11.6 Å². The molecule has 0 aliphatic heterocycles. The number of ether oxygens (including phenoxy) is 1. The highest BCUT2D eigenvalue weighted by Crippen LogP contribution is 2.35. The first-order chi connectivity index (χ1) is 17.0. The van der Waals surface area contributed by atoms with E-state index >= 15 is 0 Å². The Labute approximate surface area is 219 Å². The Balaban J connectivity index is 1.53. The molecule has 0 bridgehead atoms. The number of non-ortho nitro benzene ring substituents is 1. The Morgan fingerprint density at radius 3 is 2.36 bits per heavy atom. The average molecular weight is 630 g/mol. The molecule has 3 aromatic rings. The SMILES string of the molecule is O=C(CNc1cccc(C(F)(F)F)c1)N/N=C\c1cc(Br)c(OCc2ccc([N+](=O)[O-])cc2)c(Br)c1. The summed E-state index contributed by atoms with van der Waals surface area (Å²) in [6.45, 7) is -0.0982. The summed E-state index contributed by atoms with van der Waals surface area (Å²) in [5.74, 6) is -0.0512. The number of nitrogens with one attached hydrogen (secondary N) is 2. The third-order valence-corrected chi connectivity index (χ3v) is 5.77. The van der Waals surface area contributed by atoms with E-state index in [2.05, 4.69) is 47.7 Å². The molecule has 0 saturated carbocycles. The smallest absolute Gasteiger partial charge is 0.416 e. The lowest BCUT2D eigenvalue weighted by atomic mass is 10.2. The molecule has 3 rings (SSSR count). The number of benzene rings is 3. The van der Waals surface area contributed by atoms with Crippen molar-refractivity contribution in [3.05, 3.63) is 96.4 Å². The fourth-order valence-electron chi connectivity index (χ4n) is 2.87. The molecule has 0 unspecified atom stereocenters. The zero-order chi connectivity index (χ0) is 26.3. The summed E-state index contributed by atoms with van der Waals surface area (Å²) in [7, 11) is 0. The molecule has 3 aromatic carbocycles. The molecule has 0 radical (unpaired) electrons. The highest BCUT2D eigenvalue weighted by Gasteiger charge is 2.30. The van der Waals surface area contributed by atoms with Gasteiger partial charge in [0.1, 0.15) is 12.4 Å². The molecule has 13 heteroatoms. The van der Waals surface area contributed by atoms with Crippen molar-refractivity contribution in [3.8, 4) is 5.75 Å². The first-order valence-corrected chi connectivity index (χ1v) is 11.7. The lowest BCUT2D eigenvalue weighted by Gasteiger charge is -2.11. The van der Waals surface area contributed by atoms with Crippen molar-refractivity contribution in [1.29, 1.82) is 0 Å². The number of nitro groups is 1. The minimum absolute atomic E-state index is 0.0109. The van der Waals surface area contributed by atoms with Gasteiger partial charge in [0.15, 0.2) is 0 Å². The number of carbonyl (C=O) groups is 1. The lowest BCUT2D eigenvalue weighted by Crippen LogP contribution is -2.26. The standard InChI is InChI=1S/C23H17Br2F3N4O4/c24-19-8-15(9-20(25)22(19)36-13-14-4-6-18(7-5-14)32(34)35)11-30-31-21(33)12-29-17-3-1-2-16(10-17)23(26,27)28/h1-11,29H,12-13H2,(H,31,33)/b30-11-. The Kier molecular flexibility index (Phi) is 9.04. The first-order valence-electron chi connectivity index (χ1n) is 10.1. The topological polar surface area (TPSA) is 106 Å². The summed E-state index contributed by atoms with van der Waals surface area (Å²) >= 11 is 6.82. The Bertz CT molecular complexity index is 1260. The number of nitrogens with zero attached hydrogens (tertiary/aromatic N) is 2. The van der Waals surface area contributed by atoms with E-state index < -0.39 is 22.6 Å². The lowest BCUT2D eigenvalue weighted by molar-refractivity contribution is -0.384. The maximum absolute atomic E-state index is 12.8. The summed E-state index contributed by atoms with van der Waals surface area (Å²) in [5, 5.41) is 17.2. The molecule has 0 aromatic heterocycles. The van der Waals surface area contributed by atoms with Crippen LogP contribution in [0, 0.1) is 10.1 Å². The van der Waals surface area contributed by atoms with Crippen LogP contribution in [-0.4, -0.2) is 23.6 Å². The van der Waals surface area contributed by atoms with Gasteiger partial charge in [0, 0.05) is 17.8 Å². The third-order valence-electron chi connectivity index (χ3n) is 4.60. The van der Waals surface area contributed by atoms with E-state index in [1.165, 1.54) is 30.5 Å². The van der Waals surface area contributed by atoms with Gasteiger partial charge < -0.3 is 10.1 Å². The zero-order valence-electron chi connectivity index (χ0n) is 18.2. The molecule has 8 nitrogen and oxygen atoms in total. The van der Waals surface area contributed by atoms with Gasteiger partial charge in [0.2, 0.25) is 0 Å². The van der Waals surface area contributed by atoms with Crippen LogP contribution in [0.15, 0.2) is 74.7 Å². The van der Waals surface area contributed by atoms with Crippen LogP contribution >= 0.6 is 31.9 Å². The van der Waals surface area contributed by atoms with Gasteiger partial charge in [-0.15, -0.1) is 0 Å². The zero-order valence-corrected chi connectivity index (χ0v) is 21.4. The molecular formula is C23H17Br2F3N4O4. The van der Waals surface area contributed by atoms with E-state index in [0.29, 0.717) is 20.3 Å². The van der Waals surface area contributed by atoms with Crippen LogP contribution in [0.3, 0.4) is 0 Å².